The lowest BCUT2D eigenvalue weighted by molar-refractivity contribution is -0.142. The van der Waals surface area contributed by atoms with Crippen LogP contribution in [0.15, 0.2) is 54.6 Å². The standard InChI is InChI=1S/C25H28N2O6/c1-4-17(3)26(23(29)16-33-20-9-7-6-8-10-20)21-15-22(28)27(24(21)30)19-13-11-18(12-14-19)25(31)32-5-2/h6-14,17,21H,4-5,15-16H2,1-3H3. The molecule has 0 N–H and O–H groups in total. The fourth-order valence-corrected chi connectivity index (χ4v) is 3.73. The Balaban J connectivity index is 1.77. The molecule has 1 aliphatic heterocycles. The number of para-hydroxylation sites is 1. The van der Waals surface area contributed by atoms with Crippen LogP contribution in [0.25, 0.3) is 0 Å². The van der Waals surface area contributed by atoms with Crippen molar-refractivity contribution in [2.45, 2.75) is 45.7 Å². The minimum atomic E-state index is -0.913. The van der Waals surface area contributed by atoms with Crippen LogP contribution in [0.1, 0.15) is 44.0 Å². The molecule has 1 saturated heterocycles. The van der Waals surface area contributed by atoms with E-state index in [2.05, 4.69) is 0 Å². The lowest BCUT2D eigenvalue weighted by Crippen LogP contribution is -2.51. The van der Waals surface area contributed by atoms with Crippen molar-refractivity contribution in [2.24, 2.45) is 0 Å². The van der Waals surface area contributed by atoms with E-state index in [1.807, 2.05) is 19.9 Å². The highest BCUT2D eigenvalue weighted by atomic mass is 16.5. The first kappa shape index (κ1) is 24.0. The summed E-state index contributed by atoms with van der Waals surface area (Å²) in [7, 11) is 0. The number of nitrogens with zero attached hydrogens (tertiary/aromatic N) is 2. The van der Waals surface area contributed by atoms with Gasteiger partial charge in [0.05, 0.1) is 24.3 Å². The quantitative estimate of drug-likeness (QED) is 0.429. The molecule has 174 valence electrons. The monoisotopic (exact) mass is 452 g/mol. The van der Waals surface area contributed by atoms with E-state index in [-0.39, 0.29) is 31.6 Å². The van der Waals surface area contributed by atoms with Gasteiger partial charge in [0.2, 0.25) is 5.91 Å². The zero-order chi connectivity index (χ0) is 24.0. The highest BCUT2D eigenvalue weighted by molar-refractivity contribution is 6.23. The fourth-order valence-electron chi connectivity index (χ4n) is 3.73. The molecule has 3 amide bonds. The number of benzene rings is 2. The molecule has 3 rings (SSSR count). The lowest BCUT2D eigenvalue weighted by atomic mass is 10.1. The summed E-state index contributed by atoms with van der Waals surface area (Å²) >= 11 is 0. The van der Waals surface area contributed by atoms with Gasteiger partial charge >= 0.3 is 5.97 Å². The molecule has 33 heavy (non-hydrogen) atoms. The van der Waals surface area contributed by atoms with Gasteiger partial charge in [0, 0.05) is 6.04 Å². The number of hydrogen-bond donors (Lipinski definition) is 0. The molecule has 8 heteroatoms. The summed E-state index contributed by atoms with van der Waals surface area (Å²) in [5, 5.41) is 0. The Kier molecular flexibility index (Phi) is 7.82. The summed E-state index contributed by atoms with van der Waals surface area (Å²) in [4.78, 5) is 53.5. The van der Waals surface area contributed by atoms with Crippen molar-refractivity contribution in [3.05, 3.63) is 60.2 Å². The first-order chi connectivity index (χ1) is 15.9. The van der Waals surface area contributed by atoms with Crippen LogP contribution >= 0.6 is 0 Å². The van der Waals surface area contributed by atoms with Crippen LogP contribution in [0.5, 0.6) is 5.75 Å². The van der Waals surface area contributed by atoms with Crippen LogP contribution in [-0.4, -0.2) is 53.9 Å². The minimum Gasteiger partial charge on any atom is -0.484 e. The number of amides is 3. The largest absolute Gasteiger partial charge is 0.484 e. The number of anilines is 1. The number of rotatable bonds is 9. The van der Waals surface area contributed by atoms with E-state index in [4.69, 9.17) is 9.47 Å². The van der Waals surface area contributed by atoms with Crippen LogP contribution in [0.4, 0.5) is 5.69 Å². The Hall–Kier alpha value is -3.68. The first-order valence-corrected chi connectivity index (χ1v) is 11.0. The second-order valence-corrected chi connectivity index (χ2v) is 7.71. The highest BCUT2D eigenvalue weighted by Crippen LogP contribution is 2.28. The predicted molar refractivity (Wildman–Crippen MR) is 122 cm³/mol. The van der Waals surface area contributed by atoms with E-state index >= 15 is 0 Å². The second-order valence-electron chi connectivity index (χ2n) is 7.71. The third kappa shape index (κ3) is 5.39. The number of ether oxygens (including phenoxy) is 2. The van der Waals surface area contributed by atoms with Gasteiger partial charge in [0.15, 0.2) is 6.61 Å². The molecule has 1 fully saturated rings. The maximum absolute atomic E-state index is 13.3. The molecular weight excluding hydrogens is 424 g/mol. The van der Waals surface area contributed by atoms with E-state index in [0.717, 1.165) is 4.90 Å². The molecular formula is C25H28N2O6. The van der Waals surface area contributed by atoms with Crippen LogP contribution < -0.4 is 9.64 Å². The van der Waals surface area contributed by atoms with Gasteiger partial charge in [-0.3, -0.25) is 14.4 Å². The summed E-state index contributed by atoms with van der Waals surface area (Å²) < 4.78 is 10.5. The lowest BCUT2D eigenvalue weighted by Gasteiger charge is -2.32. The molecule has 0 aromatic heterocycles. The van der Waals surface area contributed by atoms with Crippen LogP contribution in [0.3, 0.4) is 0 Å². The summed E-state index contributed by atoms with van der Waals surface area (Å²) in [6, 6.07) is 13.8. The Labute approximate surface area is 193 Å². The zero-order valence-corrected chi connectivity index (χ0v) is 19.0. The summed E-state index contributed by atoms with van der Waals surface area (Å²) in [6.45, 7) is 5.48. The molecule has 0 aliphatic carbocycles. The van der Waals surface area contributed by atoms with Crippen molar-refractivity contribution in [3.63, 3.8) is 0 Å². The third-order valence-electron chi connectivity index (χ3n) is 5.55. The van der Waals surface area contributed by atoms with Crippen molar-refractivity contribution in [3.8, 4) is 5.75 Å². The molecule has 2 aromatic rings. The van der Waals surface area contributed by atoms with Gasteiger partial charge in [0.1, 0.15) is 11.8 Å². The van der Waals surface area contributed by atoms with Crippen molar-refractivity contribution in [2.75, 3.05) is 18.1 Å². The average Bonchev–Trinajstić information content (AvgIpc) is 3.12. The predicted octanol–water partition coefficient (Wildman–Crippen LogP) is 3.20. The number of esters is 1. The van der Waals surface area contributed by atoms with Gasteiger partial charge in [-0.2, -0.15) is 0 Å². The molecule has 8 nitrogen and oxygen atoms in total. The second kappa shape index (κ2) is 10.8. The van der Waals surface area contributed by atoms with Crippen LogP contribution in [0.2, 0.25) is 0 Å². The summed E-state index contributed by atoms with van der Waals surface area (Å²) in [6.07, 6.45) is 0.503. The SMILES string of the molecule is CCOC(=O)c1ccc(N2C(=O)CC(N(C(=O)COc3ccccc3)C(C)CC)C2=O)cc1. The molecule has 0 spiro atoms. The zero-order valence-electron chi connectivity index (χ0n) is 19.0. The van der Waals surface area contributed by atoms with E-state index in [9.17, 15) is 19.2 Å². The van der Waals surface area contributed by atoms with Crippen LogP contribution in [0, 0.1) is 0 Å². The average molecular weight is 453 g/mol. The topological polar surface area (TPSA) is 93.2 Å². The molecule has 2 atom stereocenters. The van der Waals surface area contributed by atoms with Gasteiger partial charge in [-0.1, -0.05) is 25.1 Å². The minimum absolute atomic E-state index is 0.111. The maximum atomic E-state index is 13.3. The van der Waals surface area contributed by atoms with Crippen molar-refractivity contribution < 1.29 is 28.7 Å². The van der Waals surface area contributed by atoms with Gasteiger partial charge < -0.3 is 14.4 Å². The molecule has 0 saturated carbocycles. The Morgan fingerprint density at radius 2 is 1.73 bits per heavy atom. The Morgan fingerprint density at radius 3 is 2.33 bits per heavy atom. The number of hydrogen-bond acceptors (Lipinski definition) is 6. The fraction of sp³-hybridized carbons (Fsp3) is 0.360. The van der Waals surface area contributed by atoms with Crippen molar-refractivity contribution in [1.82, 2.24) is 4.90 Å². The molecule has 2 aromatic carbocycles. The van der Waals surface area contributed by atoms with Gasteiger partial charge in [0.25, 0.3) is 11.8 Å². The number of imide groups is 1. The Bertz CT molecular complexity index is 1010. The molecule has 1 aliphatic rings. The maximum Gasteiger partial charge on any atom is 0.338 e. The molecule has 0 radical (unpaired) electrons. The summed E-state index contributed by atoms with van der Waals surface area (Å²) in [5.74, 6) is -1.17. The van der Waals surface area contributed by atoms with E-state index in [1.54, 1.807) is 31.2 Å². The van der Waals surface area contributed by atoms with Gasteiger partial charge in [-0.25, -0.2) is 9.69 Å². The molecule has 2 unspecified atom stereocenters. The normalized spacial score (nSPS) is 16.5. The van der Waals surface area contributed by atoms with Gasteiger partial charge in [-0.15, -0.1) is 0 Å². The third-order valence-corrected chi connectivity index (χ3v) is 5.55. The van der Waals surface area contributed by atoms with E-state index < -0.39 is 23.8 Å². The molecule has 0 bridgehead atoms. The molecule has 1 heterocycles. The van der Waals surface area contributed by atoms with E-state index in [1.165, 1.54) is 29.2 Å². The van der Waals surface area contributed by atoms with Crippen LogP contribution in [-0.2, 0) is 19.1 Å². The van der Waals surface area contributed by atoms with E-state index in [0.29, 0.717) is 23.4 Å². The first-order valence-electron chi connectivity index (χ1n) is 11.0. The van der Waals surface area contributed by atoms with Crippen molar-refractivity contribution >= 4 is 29.4 Å². The van der Waals surface area contributed by atoms with Crippen molar-refractivity contribution in [1.29, 1.82) is 0 Å². The smallest absolute Gasteiger partial charge is 0.338 e. The highest BCUT2D eigenvalue weighted by Gasteiger charge is 2.45. The Morgan fingerprint density at radius 1 is 1.06 bits per heavy atom. The number of carbonyl (C=O) groups excluding carboxylic acids is 4. The summed E-state index contributed by atoms with van der Waals surface area (Å²) in [5.41, 5.74) is 0.670. The number of carbonyl (C=O) groups is 4. The van der Waals surface area contributed by atoms with Gasteiger partial charge in [-0.05, 0) is 56.7 Å².